The van der Waals surface area contributed by atoms with Crippen LogP contribution in [0.4, 0.5) is 0 Å². The molecule has 0 bridgehead atoms. The van der Waals surface area contributed by atoms with Crippen molar-refractivity contribution in [2.45, 2.75) is 0 Å². The third-order valence-electron chi connectivity index (χ3n) is 1.74. The lowest BCUT2D eigenvalue weighted by Gasteiger charge is -2.21. The number of aliphatic imine (C=N–C) groups is 2. The zero-order chi connectivity index (χ0) is 7.03. The van der Waals surface area contributed by atoms with Gasteiger partial charge in [0.25, 0.3) is 0 Å². The molecule has 0 aliphatic carbocycles. The van der Waals surface area contributed by atoms with E-state index in [4.69, 9.17) is 0 Å². The number of quaternary nitrogens is 1. The average molecular weight is 134 g/mol. The zero-order valence-electron chi connectivity index (χ0n) is 5.73. The Morgan fingerprint density at radius 3 is 3.10 bits per heavy atom. The monoisotopic (exact) mass is 134 g/mol. The van der Waals surface area contributed by atoms with Gasteiger partial charge in [0.15, 0.2) is 12.0 Å². The van der Waals surface area contributed by atoms with E-state index in [9.17, 15) is 0 Å². The highest BCUT2D eigenvalue weighted by Gasteiger charge is 2.27. The molecule has 0 saturated carbocycles. The van der Waals surface area contributed by atoms with Gasteiger partial charge in [-0.1, -0.05) is 0 Å². The van der Waals surface area contributed by atoms with Crippen LogP contribution < -0.4 is 0 Å². The molecular weight excluding hydrogens is 126 g/mol. The molecule has 2 aliphatic heterocycles. The molecule has 3 heteroatoms. The van der Waals surface area contributed by atoms with E-state index in [0.29, 0.717) is 4.48 Å². The predicted octanol–water partition coefficient (Wildman–Crippen LogP) is 0.872. The summed E-state index contributed by atoms with van der Waals surface area (Å²) in [5, 5.41) is 0. The largest absolute Gasteiger partial charge is 0.253 e. The molecule has 3 nitrogen and oxygen atoms in total. The summed E-state index contributed by atoms with van der Waals surface area (Å²) < 4.78 is 0.656. The highest BCUT2D eigenvalue weighted by molar-refractivity contribution is 5.81. The van der Waals surface area contributed by atoms with Gasteiger partial charge in [-0.15, -0.1) is 0 Å². The normalized spacial score (nSPS) is 34.3. The number of fused-ring (bicyclic) bond motifs is 1. The van der Waals surface area contributed by atoms with Crippen molar-refractivity contribution < 1.29 is 4.48 Å². The Morgan fingerprint density at radius 2 is 2.30 bits per heavy atom. The summed E-state index contributed by atoms with van der Waals surface area (Å²) in [6.45, 7) is 0. The predicted molar refractivity (Wildman–Crippen MR) is 40.4 cm³/mol. The van der Waals surface area contributed by atoms with Crippen LogP contribution in [-0.2, 0) is 0 Å². The molecule has 0 saturated heterocycles. The fourth-order valence-corrected chi connectivity index (χ4v) is 1.02. The summed E-state index contributed by atoms with van der Waals surface area (Å²) in [5.74, 6) is 0. The van der Waals surface area contributed by atoms with Crippen LogP contribution in [0, 0.1) is 0 Å². The third kappa shape index (κ3) is 0.579. The molecule has 0 aromatic heterocycles. The molecule has 1 unspecified atom stereocenters. The number of hydrogen-bond acceptors (Lipinski definition) is 2. The molecule has 0 aromatic rings. The molecule has 0 aromatic carbocycles. The van der Waals surface area contributed by atoms with E-state index >= 15 is 0 Å². The first-order chi connectivity index (χ1) is 4.81. The van der Waals surface area contributed by atoms with Gasteiger partial charge in [0, 0.05) is 0 Å². The SMILES string of the molecule is C[N+]12C=CN=CC1=CN=C2. The van der Waals surface area contributed by atoms with Crippen LogP contribution in [-0.4, -0.2) is 24.1 Å². The first kappa shape index (κ1) is 5.56. The molecule has 10 heavy (non-hydrogen) atoms. The summed E-state index contributed by atoms with van der Waals surface area (Å²) in [6, 6.07) is 0. The van der Waals surface area contributed by atoms with Crippen LogP contribution in [0.5, 0.6) is 0 Å². The molecular formula is C7H8N3+. The Labute approximate surface area is 59.3 Å². The number of hydrogen-bond donors (Lipinski definition) is 0. The quantitative estimate of drug-likeness (QED) is 0.439. The Kier molecular flexibility index (Phi) is 0.910. The minimum atomic E-state index is 0.656. The molecule has 50 valence electrons. The summed E-state index contributed by atoms with van der Waals surface area (Å²) >= 11 is 0. The maximum Gasteiger partial charge on any atom is 0.199 e. The van der Waals surface area contributed by atoms with Gasteiger partial charge in [-0.3, -0.25) is 4.99 Å². The fraction of sp³-hybridized carbons (Fsp3) is 0.143. The van der Waals surface area contributed by atoms with E-state index in [1.807, 2.05) is 25.0 Å². The molecule has 0 fully saturated rings. The molecule has 0 radical (unpaired) electrons. The van der Waals surface area contributed by atoms with Crippen LogP contribution in [0.25, 0.3) is 0 Å². The molecule has 2 aliphatic rings. The van der Waals surface area contributed by atoms with Crippen LogP contribution in [0.2, 0.25) is 0 Å². The van der Waals surface area contributed by atoms with Crippen LogP contribution in [0.1, 0.15) is 0 Å². The maximum absolute atomic E-state index is 4.04. The maximum atomic E-state index is 4.04. The summed E-state index contributed by atoms with van der Waals surface area (Å²) in [7, 11) is 2.06. The molecule has 2 heterocycles. The Hall–Kier alpha value is -1.22. The van der Waals surface area contributed by atoms with E-state index in [-0.39, 0.29) is 0 Å². The van der Waals surface area contributed by atoms with Crippen LogP contribution >= 0.6 is 0 Å². The van der Waals surface area contributed by atoms with E-state index < -0.39 is 0 Å². The zero-order valence-corrected chi connectivity index (χ0v) is 5.73. The summed E-state index contributed by atoms with van der Waals surface area (Å²) in [5.41, 5.74) is 1.11. The fourth-order valence-electron chi connectivity index (χ4n) is 1.02. The third-order valence-corrected chi connectivity index (χ3v) is 1.74. The highest BCUT2D eigenvalue weighted by Crippen LogP contribution is 2.19. The minimum Gasteiger partial charge on any atom is -0.253 e. The van der Waals surface area contributed by atoms with Gasteiger partial charge in [0.05, 0.1) is 25.7 Å². The summed E-state index contributed by atoms with van der Waals surface area (Å²) in [4.78, 5) is 8.04. The van der Waals surface area contributed by atoms with E-state index in [1.54, 1.807) is 6.20 Å². The van der Waals surface area contributed by atoms with Crippen molar-refractivity contribution in [2.75, 3.05) is 7.05 Å². The molecule has 2 rings (SSSR count). The lowest BCUT2D eigenvalue weighted by atomic mass is 10.4. The van der Waals surface area contributed by atoms with Gasteiger partial charge >= 0.3 is 0 Å². The lowest BCUT2D eigenvalue weighted by Crippen LogP contribution is -2.34. The Balaban J connectivity index is 2.51. The number of nitrogens with zero attached hydrogens (tertiary/aromatic N) is 3. The second-order valence-corrected chi connectivity index (χ2v) is 2.54. The Morgan fingerprint density at radius 1 is 1.40 bits per heavy atom. The van der Waals surface area contributed by atoms with E-state index in [0.717, 1.165) is 5.70 Å². The Bertz CT molecular complexity index is 273. The standard InChI is InChI=1S/C7H8N3/c1-10-3-2-8-4-7(10)5-9-6-10/h2-6H,1H3/q+1. The first-order valence-corrected chi connectivity index (χ1v) is 3.13. The minimum absolute atomic E-state index is 0.656. The highest BCUT2D eigenvalue weighted by atomic mass is 15.4. The van der Waals surface area contributed by atoms with Crippen molar-refractivity contribution >= 4 is 12.6 Å². The van der Waals surface area contributed by atoms with Crippen molar-refractivity contribution in [1.82, 2.24) is 0 Å². The van der Waals surface area contributed by atoms with Gasteiger partial charge in [0.1, 0.15) is 6.20 Å². The van der Waals surface area contributed by atoms with Gasteiger partial charge in [-0.2, -0.15) is 0 Å². The molecule has 1 atom stereocenters. The first-order valence-electron chi connectivity index (χ1n) is 3.13. The van der Waals surface area contributed by atoms with Gasteiger partial charge in [-0.25, -0.2) is 9.48 Å². The van der Waals surface area contributed by atoms with Crippen LogP contribution in [0.15, 0.2) is 34.3 Å². The second-order valence-electron chi connectivity index (χ2n) is 2.54. The molecule has 0 N–H and O–H groups in total. The smallest absolute Gasteiger partial charge is 0.199 e. The molecule has 0 spiro atoms. The number of rotatable bonds is 0. The van der Waals surface area contributed by atoms with E-state index in [2.05, 4.69) is 17.0 Å². The van der Waals surface area contributed by atoms with Crippen molar-refractivity contribution in [3.63, 3.8) is 0 Å². The van der Waals surface area contributed by atoms with Crippen molar-refractivity contribution in [1.29, 1.82) is 0 Å². The van der Waals surface area contributed by atoms with Crippen molar-refractivity contribution in [3.8, 4) is 0 Å². The number of allylic oxidation sites excluding steroid dienone is 1. The van der Waals surface area contributed by atoms with Crippen molar-refractivity contribution in [3.05, 3.63) is 24.3 Å². The molecule has 0 amide bonds. The topological polar surface area (TPSA) is 24.7 Å². The lowest BCUT2D eigenvalue weighted by molar-refractivity contribution is -0.706. The average Bonchev–Trinajstić information content (AvgIpc) is 2.29. The van der Waals surface area contributed by atoms with Gasteiger partial charge < -0.3 is 0 Å². The van der Waals surface area contributed by atoms with Crippen molar-refractivity contribution in [2.24, 2.45) is 9.98 Å². The van der Waals surface area contributed by atoms with Gasteiger partial charge in [0.2, 0.25) is 0 Å². The second kappa shape index (κ2) is 1.64. The van der Waals surface area contributed by atoms with E-state index in [1.165, 1.54) is 0 Å². The summed E-state index contributed by atoms with van der Waals surface area (Å²) in [6.07, 6.45) is 9.30. The van der Waals surface area contributed by atoms with Gasteiger partial charge in [-0.05, 0) is 0 Å². The van der Waals surface area contributed by atoms with Crippen LogP contribution in [0.3, 0.4) is 0 Å².